The molecule has 1 fully saturated rings. The predicted octanol–water partition coefficient (Wildman–Crippen LogP) is 0.727. The van der Waals surface area contributed by atoms with Crippen molar-refractivity contribution in [1.82, 2.24) is 10.3 Å². The molecule has 0 aliphatic carbocycles. The van der Waals surface area contributed by atoms with Gasteiger partial charge >= 0.3 is 0 Å². The van der Waals surface area contributed by atoms with Crippen LogP contribution in [0.15, 0.2) is 23.4 Å². The summed E-state index contributed by atoms with van der Waals surface area (Å²) in [4.78, 5) is 3.87. The van der Waals surface area contributed by atoms with Gasteiger partial charge in [0.2, 0.25) is 0 Å². The second-order valence-corrected chi connectivity index (χ2v) is 6.47. The summed E-state index contributed by atoms with van der Waals surface area (Å²) < 4.78 is 24.3. The van der Waals surface area contributed by atoms with Gasteiger partial charge in [0.1, 0.15) is 0 Å². The van der Waals surface area contributed by atoms with E-state index in [0.717, 1.165) is 25.9 Å². The molecule has 0 spiro atoms. The maximum absolute atomic E-state index is 12.2. The summed E-state index contributed by atoms with van der Waals surface area (Å²) in [6.07, 6.45) is 3.29. The number of hydrogen-bond donors (Lipinski definition) is 1. The Morgan fingerprint density at radius 1 is 1.56 bits per heavy atom. The van der Waals surface area contributed by atoms with Crippen LogP contribution in [0.5, 0.6) is 0 Å². The van der Waals surface area contributed by atoms with Crippen molar-refractivity contribution in [3.05, 3.63) is 23.9 Å². The number of piperidine rings is 1. The molecule has 1 saturated heterocycles. The topological polar surface area (TPSA) is 82.8 Å². The zero-order chi connectivity index (χ0) is 13.0. The fourth-order valence-electron chi connectivity index (χ4n) is 2.11. The van der Waals surface area contributed by atoms with Gasteiger partial charge in [-0.25, -0.2) is 13.4 Å². The molecule has 1 aromatic rings. The Labute approximate surface area is 107 Å². The van der Waals surface area contributed by atoms with Gasteiger partial charge in [-0.2, -0.15) is 5.26 Å². The molecule has 0 aromatic carbocycles. The highest BCUT2D eigenvalue weighted by Gasteiger charge is 2.24. The van der Waals surface area contributed by atoms with E-state index in [1.54, 1.807) is 0 Å². The van der Waals surface area contributed by atoms with Crippen molar-refractivity contribution < 1.29 is 8.42 Å². The predicted molar refractivity (Wildman–Crippen MR) is 66.6 cm³/mol. The van der Waals surface area contributed by atoms with E-state index >= 15 is 0 Å². The van der Waals surface area contributed by atoms with Crippen LogP contribution in [0.1, 0.15) is 18.4 Å². The first-order chi connectivity index (χ1) is 8.62. The molecule has 18 heavy (non-hydrogen) atoms. The molecule has 2 rings (SSSR count). The molecule has 0 unspecified atom stereocenters. The lowest BCUT2D eigenvalue weighted by atomic mass is 10.0. The van der Waals surface area contributed by atoms with Crippen molar-refractivity contribution in [3.8, 4) is 6.07 Å². The van der Waals surface area contributed by atoms with E-state index in [2.05, 4.69) is 10.3 Å². The molecule has 0 radical (unpaired) electrons. The van der Waals surface area contributed by atoms with Crippen LogP contribution in [0.4, 0.5) is 0 Å². The summed E-state index contributed by atoms with van der Waals surface area (Å²) in [7, 11) is -3.39. The van der Waals surface area contributed by atoms with Gasteiger partial charge in [-0.15, -0.1) is 0 Å². The molecule has 2 heterocycles. The van der Waals surface area contributed by atoms with E-state index in [1.165, 1.54) is 18.3 Å². The zero-order valence-corrected chi connectivity index (χ0v) is 10.8. The van der Waals surface area contributed by atoms with Gasteiger partial charge in [0.05, 0.1) is 17.4 Å². The Balaban J connectivity index is 2.17. The van der Waals surface area contributed by atoms with E-state index < -0.39 is 9.84 Å². The average molecular weight is 265 g/mol. The zero-order valence-electron chi connectivity index (χ0n) is 9.96. The van der Waals surface area contributed by atoms with Crippen LogP contribution in [0.25, 0.3) is 0 Å². The first-order valence-electron chi connectivity index (χ1n) is 5.91. The third-order valence-corrected chi connectivity index (χ3v) is 4.81. The molecular formula is C12H15N3O2S. The van der Waals surface area contributed by atoms with Gasteiger partial charge in [-0.1, -0.05) is 0 Å². The highest BCUT2D eigenvalue weighted by atomic mass is 32.2. The van der Waals surface area contributed by atoms with Crippen LogP contribution in [-0.2, 0) is 9.84 Å². The fourth-order valence-corrected chi connectivity index (χ4v) is 3.71. The number of sulfone groups is 1. The van der Waals surface area contributed by atoms with Crippen molar-refractivity contribution in [1.29, 1.82) is 5.26 Å². The number of hydrogen-bond acceptors (Lipinski definition) is 5. The molecule has 1 aliphatic heterocycles. The summed E-state index contributed by atoms with van der Waals surface area (Å²) in [5.74, 6) is 0.235. The Kier molecular flexibility index (Phi) is 3.94. The summed E-state index contributed by atoms with van der Waals surface area (Å²) in [5, 5.41) is 12.0. The first kappa shape index (κ1) is 13.0. The quantitative estimate of drug-likeness (QED) is 0.871. The molecular weight excluding hydrogens is 250 g/mol. The molecule has 0 amide bonds. The standard InChI is InChI=1S/C12H15N3O2S/c13-7-10-3-5-15-12(6-10)18(16,17)9-11-2-1-4-14-8-11/h3,5-6,11,14H,1-2,4,8-9H2/t11-/m0/s1. The Bertz CT molecular complexity index is 557. The van der Waals surface area contributed by atoms with Crippen molar-refractivity contribution in [3.63, 3.8) is 0 Å². The maximum Gasteiger partial charge on any atom is 0.195 e. The van der Waals surface area contributed by atoms with E-state index in [4.69, 9.17) is 5.26 Å². The minimum atomic E-state index is -3.39. The third-order valence-electron chi connectivity index (χ3n) is 3.04. The van der Waals surface area contributed by atoms with E-state index in [9.17, 15) is 8.42 Å². The van der Waals surface area contributed by atoms with Crippen LogP contribution < -0.4 is 5.32 Å². The maximum atomic E-state index is 12.2. The van der Waals surface area contributed by atoms with E-state index in [1.807, 2.05) is 6.07 Å². The van der Waals surface area contributed by atoms with Crippen molar-refractivity contribution in [2.24, 2.45) is 5.92 Å². The van der Waals surface area contributed by atoms with Crippen molar-refractivity contribution >= 4 is 9.84 Å². The molecule has 5 nitrogen and oxygen atoms in total. The van der Waals surface area contributed by atoms with Gasteiger partial charge < -0.3 is 5.32 Å². The van der Waals surface area contributed by atoms with Gasteiger partial charge in [-0.3, -0.25) is 0 Å². The minimum Gasteiger partial charge on any atom is -0.316 e. The van der Waals surface area contributed by atoms with Crippen LogP contribution in [0.3, 0.4) is 0 Å². The molecule has 1 aromatic heterocycles. The smallest absolute Gasteiger partial charge is 0.195 e. The number of nitriles is 1. The van der Waals surface area contributed by atoms with Crippen LogP contribution in [0.2, 0.25) is 0 Å². The molecule has 0 bridgehead atoms. The lowest BCUT2D eigenvalue weighted by Crippen LogP contribution is -2.34. The number of aromatic nitrogens is 1. The second-order valence-electron chi connectivity index (χ2n) is 4.49. The summed E-state index contributed by atoms with van der Waals surface area (Å²) in [5.41, 5.74) is 0.324. The van der Waals surface area contributed by atoms with Crippen LogP contribution in [0, 0.1) is 17.2 Å². The molecule has 1 N–H and O–H groups in total. The van der Waals surface area contributed by atoms with Crippen LogP contribution >= 0.6 is 0 Å². The molecule has 1 aliphatic rings. The van der Waals surface area contributed by atoms with Crippen LogP contribution in [-0.4, -0.2) is 32.2 Å². The third kappa shape index (κ3) is 3.06. The average Bonchev–Trinajstić information content (AvgIpc) is 2.39. The van der Waals surface area contributed by atoms with Crippen molar-refractivity contribution in [2.75, 3.05) is 18.8 Å². The number of pyridine rings is 1. The Hall–Kier alpha value is -1.45. The number of rotatable bonds is 3. The van der Waals surface area contributed by atoms with E-state index in [0.29, 0.717) is 5.56 Å². The molecule has 96 valence electrons. The number of nitrogens with zero attached hydrogens (tertiary/aromatic N) is 2. The largest absolute Gasteiger partial charge is 0.316 e. The molecule has 0 saturated carbocycles. The highest BCUT2D eigenvalue weighted by Crippen LogP contribution is 2.17. The minimum absolute atomic E-state index is 0.00660. The van der Waals surface area contributed by atoms with Gasteiger partial charge in [0.25, 0.3) is 0 Å². The monoisotopic (exact) mass is 265 g/mol. The Morgan fingerprint density at radius 2 is 2.39 bits per heavy atom. The molecule has 6 heteroatoms. The Morgan fingerprint density at radius 3 is 3.06 bits per heavy atom. The summed E-state index contributed by atoms with van der Waals surface area (Å²) >= 11 is 0. The van der Waals surface area contributed by atoms with E-state index in [-0.39, 0.29) is 16.7 Å². The first-order valence-corrected chi connectivity index (χ1v) is 7.57. The van der Waals surface area contributed by atoms with Crippen molar-refractivity contribution in [2.45, 2.75) is 17.9 Å². The normalized spacial score (nSPS) is 20.3. The molecule has 1 atom stereocenters. The summed E-state index contributed by atoms with van der Waals surface area (Å²) in [6, 6.07) is 4.77. The lowest BCUT2D eigenvalue weighted by Gasteiger charge is -2.22. The second kappa shape index (κ2) is 5.46. The fraction of sp³-hybridized carbons (Fsp3) is 0.500. The number of nitrogens with one attached hydrogen (secondary N) is 1. The highest BCUT2D eigenvalue weighted by molar-refractivity contribution is 7.91. The van der Waals surface area contributed by atoms with Gasteiger partial charge in [0.15, 0.2) is 14.9 Å². The lowest BCUT2D eigenvalue weighted by molar-refractivity contribution is 0.403. The van der Waals surface area contributed by atoms with Gasteiger partial charge in [-0.05, 0) is 44.0 Å². The SMILES string of the molecule is N#Cc1ccnc(S(=O)(=O)C[C@H]2CCCNC2)c1. The van der Waals surface area contributed by atoms with Gasteiger partial charge in [0, 0.05) is 6.20 Å². The summed E-state index contributed by atoms with van der Waals surface area (Å²) in [6.45, 7) is 1.69.